The van der Waals surface area contributed by atoms with Crippen LogP contribution in [0.3, 0.4) is 0 Å². The fraction of sp³-hybridized carbons (Fsp3) is 0.692. The summed E-state index contributed by atoms with van der Waals surface area (Å²) in [6.07, 6.45) is 3.41. The Labute approximate surface area is 145 Å². The molecule has 10 nitrogen and oxygen atoms in total. The molecule has 0 aromatic carbocycles. The summed E-state index contributed by atoms with van der Waals surface area (Å²) in [5.74, 6) is -1.04. The van der Waals surface area contributed by atoms with Gasteiger partial charge in [0.25, 0.3) is 5.97 Å². The molecule has 2 unspecified atom stereocenters. The predicted molar refractivity (Wildman–Crippen MR) is 95.3 cm³/mol. The lowest BCUT2D eigenvalue weighted by atomic mass is 10.1. The largest absolute Gasteiger partial charge is 0.481 e. The van der Waals surface area contributed by atoms with E-state index in [0.29, 0.717) is 25.8 Å². The van der Waals surface area contributed by atoms with Crippen LogP contribution in [0, 0.1) is 0 Å². The molecule has 24 heavy (non-hydrogen) atoms. The number of guanidine groups is 1. The highest BCUT2D eigenvalue weighted by molar-refractivity contribution is 7.98. The van der Waals surface area contributed by atoms with Gasteiger partial charge in [-0.05, 0) is 31.3 Å². The Kier molecular flexibility index (Phi) is 14.7. The number of nitrogens with one attached hydrogen (secondary N) is 1. The van der Waals surface area contributed by atoms with Gasteiger partial charge in [0.2, 0.25) is 11.8 Å². The molecule has 0 radical (unpaired) electrons. The first-order valence-electron chi connectivity index (χ1n) is 7.20. The van der Waals surface area contributed by atoms with E-state index in [0.717, 1.165) is 12.7 Å². The summed E-state index contributed by atoms with van der Waals surface area (Å²) in [6.45, 7) is 1.50. The lowest BCUT2D eigenvalue weighted by Crippen LogP contribution is -2.50. The van der Waals surface area contributed by atoms with E-state index in [4.69, 9.17) is 32.8 Å². The quantitative estimate of drug-likeness (QED) is 0.148. The van der Waals surface area contributed by atoms with Crippen molar-refractivity contribution in [3.8, 4) is 0 Å². The summed E-state index contributed by atoms with van der Waals surface area (Å²) < 4.78 is 0. The summed E-state index contributed by atoms with van der Waals surface area (Å²) in [5, 5.41) is 9.98. The van der Waals surface area contributed by atoms with Crippen LogP contribution in [0.25, 0.3) is 0 Å². The standard InChI is InChI=1S/C11H24N6O2S.C2H4O2/c1-20-6-4-8(9(13)18)17-10(19)7(12)3-2-5-16-11(14)15;1-2(3)4/h7-8H,2-6,12H2,1H3,(H2,13,18)(H,17,19)(H4,14,15,16);1H3,(H,3,4). The molecule has 2 amide bonds. The number of carbonyl (C=O) groups excluding carboxylic acids is 2. The second-order valence-corrected chi connectivity index (χ2v) is 5.80. The monoisotopic (exact) mass is 364 g/mol. The van der Waals surface area contributed by atoms with Gasteiger partial charge >= 0.3 is 0 Å². The van der Waals surface area contributed by atoms with Crippen molar-refractivity contribution in [3.63, 3.8) is 0 Å². The Morgan fingerprint density at radius 2 is 1.75 bits per heavy atom. The molecule has 0 aliphatic heterocycles. The highest BCUT2D eigenvalue weighted by Crippen LogP contribution is 2.02. The number of carboxylic acids is 1. The SMILES string of the molecule is CC(=O)O.CSCCC(NC(=O)C(N)CCCN=C(N)N)C(N)=O. The van der Waals surface area contributed by atoms with Gasteiger partial charge in [0, 0.05) is 13.5 Å². The number of thioether (sulfide) groups is 1. The molecule has 0 rings (SSSR count). The van der Waals surface area contributed by atoms with Gasteiger partial charge in [0.1, 0.15) is 6.04 Å². The molecule has 0 aliphatic carbocycles. The van der Waals surface area contributed by atoms with E-state index in [-0.39, 0.29) is 11.9 Å². The van der Waals surface area contributed by atoms with Crippen molar-refractivity contribution in [2.75, 3.05) is 18.6 Å². The highest BCUT2D eigenvalue weighted by Gasteiger charge is 2.21. The first-order valence-corrected chi connectivity index (χ1v) is 8.60. The van der Waals surface area contributed by atoms with Gasteiger partial charge in [-0.15, -0.1) is 0 Å². The molecule has 0 heterocycles. The number of nitrogens with two attached hydrogens (primary N) is 4. The van der Waals surface area contributed by atoms with Crippen molar-refractivity contribution in [1.29, 1.82) is 0 Å². The number of carboxylic acid groups (broad SMARTS) is 1. The van der Waals surface area contributed by atoms with Crippen LogP contribution in [-0.4, -0.2) is 59.5 Å². The Morgan fingerprint density at radius 1 is 1.21 bits per heavy atom. The topological polar surface area (TPSA) is 200 Å². The highest BCUT2D eigenvalue weighted by atomic mass is 32.2. The Balaban J connectivity index is 0. The van der Waals surface area contributed by atoms with E-state index in [9.17, 15) is 9.59 Å². The Bertz CT molecular complexity index is 425. The van der Waals surface area contributed by atoms with E-state index in [1.165, 1.54) is 0 Å². The fourth-order valence-electron chi connectivity index (χ4n) is 1.45. The van der Waals surface area contributed by atoms with Crippen LogP contribution in [0.2, 0.25) is 0 Å². The molecule has 11 heteroatoms. The van der Waals surface area contributed by atoms with E-state index in [1.807, 2.05) is 6.26 Å². The number of rotatable bonds is 10. The molecule has 140 valence electrons. The number of aliphatic carboxylic acids is 1. The number of carbonyl (C=O) groups is 3. The van der Waals surface area contributed by atoms with Crippen LogP contribution < -0.4 is 28.3 Å². The van der Waals surface area contributed by atoms with Gasteiger partial charge in [-0.3, -0.25) is 19.4 Å². The molecule has 0 fully saturated rings. The maximum absolute atomic E-state index is 11.8. The number of nitrogens with zero attached hydrogens (tertiary/aromatic N) is 1. The molecule has 10 N–H and O–H groups in total. The molecule has 0 spiro atoms. The van der Waals surface area contributed by atoms with Gasteiger partial charge in [-0.2, -0.15) is 11.8 Å². The number of primary amides is 1. The lowest BCUT2D eigenvalue weighted by molar-refractivity contribution is -0.134. The Hall–Kier alpha value is -2.01. The van der Waals surface area contributed by atoms with Crippen molar-refractivity contribution in [1.82, 2.24) is 5.32 Å². The summed E-state index contributed by atoms with van der Waals surface area (Å²) in [7, 11) is 0. The van der Waals surface area contributed by atoms with E-state index < -0.39 is 24.0 Å². The smallest absolute Gasteiger partial charge is 0.300 e. The zero-order chi connectivity index (χ0) is 19.1. The molecule has 0 aromatic rings. The van der Waals surface area contributed by atoms with Crippen LogP contribution in [-0.2, 0) is 14.4 Å². The van der Waals surface area contributed by atoms with E-state index in [1.54, 1.807) is 11.8 Å². The minimum Gasteiger partial charge on any atom is -0.481 e. The fourth-order valence-corrected chi connectivity index (χ4v) is 1.92. The van der Waals surface area contributed by atoms with Crippen molar-refractivity contribution in [2.45, 2.75) is 38.3 Å². The van der Waals surface area contributed by atoms with Gasteiger partial charge in [-0.25, -0.2) is 0 Å². The van der Waals surface area contributed by atoms with Crippen molar-refractivity contribution in [2.24, 2.45) is 27.9 Å². The second-order valence-electron chi connectivity index (χ2n) is 4.82. The van der Waals surface area contributed by atoms with Gasteiger partial charge in [-0.1, -0.05) is 0 Å². The van der Waals surface area contributed by atoms with Crippen LogP contribution >= 0.6 is 11.8 Å². The number of aliphatic imine (C=N–C) groups is 1. The van der Waals surface area contributed by atoms with Crippen LogP contribution in [0.1, 0.15) is 26.2 Å². The van der Waals surface area contributed by atoms with Crippen molar-refractivity contribution < 1.29 is 19.5 Å². The third-order valence-corrected chi connectivity index (χ3v) is 3.22. The zero-order valence-electron chi connectivity index (χ0n) is 14.0. The number of amides is 2. The molecule has 0 aromatic heterocycles. The van der Waals surface area contributed by atoms with E-state index in [2.05, 4.69) is 10.3 Å². The number of hydrogen-bond donors (Lipinski definition) is 6. The first-order chi connectivity index (χ1) is 11.1. The predicted octanol–water partition coefficient (Wildman–Crippen LogP) is -1.82. The zero-order valence-corrected chi connectivity index (χ0v) is 14.8. The molecule has 2 atom stereocenters. The van der Waals surface area contributed by atoms with E-state index >= 15 is 0 Å². The average Bonchev–Trinajstić information content (AvgIpc) is 2.46. The summed E-state index contributed by atoms with van der Waals surface area (Å²) in [5.41, 5.74) is 21.3. The third-order valence-electron chi connectivity index (χ3n) is 2.57. The van der Waals surface area contributed by atoms with Crippen molar-refractivity contribution in [3.05, 3.63) is 0 Å². The minimum absolute atomic E-state index is 0.00822. The van der Waals surface area contributed by atoms with Gasteiger partial charge in [0.15, 0.2) is 5.96 Å². The third kappa shape index (κ3) is 16.4. The van der Waals surface area contributed by atoms with Crippen molar-refractivity contribution >= 4 is 35.5 Å². The number of hydrogen-bond acceptors (Lipinski definition) is 6. The van der Waals surface area contributed by atoms with Crippen LogP contribution in [0.5, 0.6) is 0 Å². The lowest BCUT2D eigenvalue weighted by Gasteiger charge is -2.18. The first kappa shape index (κ1) is 24.2. The molecule has 0 saturated heterocycles. The normalized spacial score (nSPS) is 12.1. The molecular formula is C13H28N6O4S. The molecular weight excluding hydrogens is 336 g/mol. The average molecular weight is 364 g/mol. The van der Waals surface area contributed by atoms with Crippen LogP contribution in [0.15, 0.2) is 4.99 Å². The molecule has 0 saturated carbocycles. The van der Waals surface area contributed by atoms with Gasteiger partial charge in [0.05, 0.1) is 6.04 Å². The van der Waals surface area contributed by atoms with Gasteiger partial charge < -0.3 is 33.4 Å². The molecule has 0 aliphatic rings. The maximum Gasteiger partial charge on any atom is 0.300 e. The summed E-state index contributed by atoms with van der Waals surface area (Å²) >= 11 is 1.57. The Morgan fingerprint density at radius 3 is 2.17 bits per heavy atom. The van der Waals surface area contributed by atoms with Crippen LogP contribution in [0.4, 0.5) is 0 Å². The maximum atomic E-state index is 11.8. The minimum atomic E-state index is -0.833. The molecule has 0 bridgehead atoms. The summed E-state index contributed by atoms with van der Waals surface area (Å²) in [4.78, 5) is 35.8. The summed E-state index contributed by atoms with van der Waals surface area (Å²) in [6, 6.07) is -1.39. The second kappa shape index (κ2) is 14.6.